The van der Waals surface area contributed by atoms with Gasteiger partial charge in [0.2, 0.25) is 8.32 Å². The summed E-state index contributed by atoms with van der Waals surface area (Å²) in [6.45, 7) is 14.0. The summed E-state index contributed by atoms with van der Waals surface area (Å²) in [6.07, 6.45) is 16.8. The Morgan fingerprint density at radius 1 is 1.00 bits per heavy atom. The number of hydrogen-bond acceptors (Lipinski definition) is 4. The Hall–Kier alpha value is -1.36. The van der Waals surface area contributed by atoms with Crippen LogP contribution in [0.15, 0.2) is 23.0 Å². The first-order valence-electron chi connectivity index (χ1n) is 15.3. The predicted molar refractivity (Wildman–Crippen MR) is 153 cm³/mol. The van der Waals surface area contributed by atoms with Gasteiger partial charge >= 0.3 is 5.97 Å². The first-order valence-corrected chi connectivity index (χ1v) is 18.2. The molecule has 0 N–H and O–H groups in total. The topological polar surface area (TPSA) is 52.6 Å². The Morgan fingerprint density at radius 3 is 2.30 bits per heavy atom. The molecule has 0 aromatic heterocycles. The van der Waals surface area contributed by atoms with Crippen molar-refractivity contribution in [2.24, 2.45) is 29.6 Å². The average Bonchev–Trinajstić information content (AvgIpc) is 3.42. The number of allylic oxidation sites excluding steroid dienone is 4. The molecule has 37 heavy (non-hydrogen) atoms. The van der Waals surface area contributed by atoms with Gasteiger partial charge in [0.15, 0.2) is 5.78 Å². The summed E-state index contributed by atoms with van der Waals surface area (Å²) in [5.74, 6) is 3.31. The van der Waals surface area contributed by atoms with Crippen LogP contribution in [0, 0.1) is 29.6 Å². The maximum absolute atomic E-state index is 13.6. The SMILES string of the molecule is CCOC(=O)C1CCC(=C2CC3C(CC[C@@H]3C(=CCC3CCCCC3)O[Si](C)(C)C(C)(C)C)C2=O)CC1. The maximum atomic E-state index is 13.6. The van der Waals surface area contributed by atoms with Gasteiger partial charge in [-0.15, -0.1) is 0 Å². The molecule has 0 aromatic rings. The number of carbonyl (C=O) groups is 2. The molecule has 0 spiro atoms. The fraction of sp³-hybridized carbons (Fsp3) is 0.812. The zero-order chi connectivity index (χ0) is 26.8. The molecule has 2 unspecified atom stereocenters. The van der Waals surface area contributed by atoms with E-state index in [-0.39, 0.29) is 22.8 Å². The summed E-state index contributed by atoms with van der Waals surface area (Å²) in [6, 6.07) is 0. The van der Waals surface area contributed by atoms with E-state index in [0.29, 0.717) is 24.2 Å². The van der Waals surface area contributed by atoms with Crippen molar-refractivity contribution >= 4 is 20.1 Å². The molecule has 4 saturated carbocycles. The fourth-order valence-electron chi connectivity index (χ4n) is 7.10. The van der Waals surface area contributed by atoms with Crippen LogP contribution in [-0.4, -0.2) is 26.7 Å². The average molecular weight is 529 g/mol. The Kier molecular flexibility index (Phi) is 9.13. The summed E-state index contributed by atoms with van der Waals surface area (Å²) in [5.41, 5.74) is 2.44. The quantitative estimate of drug-likeness (QED) is 0.144. The summed E-state index contributed by atoms with van der Waals surface area (Å²) in [7, 11) is -1.97. The molecule has 0 bridgehead atoms. The van der Waals surface area contributed by atoms with Crippen LogP contribution in [0.5, 0.6) is 0 Å². The number of rotatable bonds is 7. The first-order chi connectivity index (χ1) is 17.5. The molecule has 3 atom stereocenters. The van der Waals surface area contributed by atoms with Gasteiger partial charge in [-0.05, 0) is 99.9 Å². The molecule has 0 amide bonds. The number of Topliss-reactive ketones (excluding diaryl/α,β-unsaturated/α-hetero) is 1. The number of ether oxygens (including phenoxy) is 1. The minimum Gasteiger partial charge on any atom is -0.547 e. The van der Waals surface area contributed by atoms with Gasteiger partial charge in [-0.3, -0.25) is 9.59 Å². The second kappa shape index (κ2) is 11.8. The van der Waals surface area contributed by atoms with Crippen LogP contribution in [-0.2, 0) is 18.8 Å². The fourth-order valence-corrected chi connectivity index (χ4v) is 8.23. The molecular formula is C32H52O4Si. The molecule has 4 aliphatic carbocycles. The third-order valence-corrected chi connectivity index (χ3v) is 14.8. The highest BCUT2D eigenvalue weighted by atomic mass is 28.4. The van der Waals surface area contributed by atoms with Crippen molar-refractivity contribution in [3.8, 4) is 0 Å². The van der Waals surface area contributed by atoms with Crippen molar-refractivity contribution in [2.45, 2.75) is 129 Å². The van der Waals surface area contributed by atoms with E-state index in [4.69, 9.17) is 9.16 Å². The van der Waals surface area contributed by atoms with E-state index < -0.39 is 8.32 Å². The lowest BCUT2D eigenvalue weighted by atomic mass is 9.82. The van der Waals surface area contributed by atoms with Crippen LogP contribution in [0.4, 0.5) is 0 Å². The molecule has 0 aliphatic heterocycles. The third kappa shape index (κ3) is 6.45. The lowest BCUT2D eigenvalue weighted by Crippen LogP contribution is -2.41. The van der Waals surface area contributed by atoms with Crippen LogP contribution in [0.1, 0.15) is 111 Å². The minimum absolute atomic E-state index is 0.000338. The Balaban J connectivity index is 1.51. The van der Waals surface area contributed by atoms with Gasteiger partial charge in [-0.25, -0.2) is 0 Å². The second-order valence-electron chi connectivity index (χ2n) is 13.8. The van der Waals surface area contributed by atoms with Crippen LogP contribution in [0.2, 0.25) is 18.1 Å². The van der Waals surface area contributed by atoms with Gasteiger partial charge in [0.25, 0.3) is 0 Å². The van der Waals surface area contributed by atoms with Crippen molar-refractivity contribution in [3.05, 3.63) is 23.0 Å². The predicted octanol–water partition coefficient (Wildman–Crippen LogP) is 8.53. The van der Waals surface area contributed by atoms with Crippen molar-refractivity contribution < 1.29 is 18.8 Å². The molecule has 4 aliphatic rings. The zero-order valence-electron chi connectivity index (χ0n) is 24.5. The van der Waals surface area contributed by atoms with Crippen LogP contribution in [0.3, 0.4) is 0 Å². The third-order valence-electron chi connectivity index (χ3n) is 10.5. The largest absolute Gasteiger partial charge is 0.547 e. The van der Waals surface area contributed by atoms with Crippen LogP contribution >= 0.6 is 0 Å². The highest BCUT2D eigenvalue weighted by molar-refractivity contribution is 6.74. The highest BCUT2D eigenvalue weighted by Gasteiger charge is 2.50. The van der Waals surface area contributed by atoms with Gasteiger partial charge < -0.3 is 9.16 Å². The standard InChI is InChI=1S/C32H52O4Si/c1-7-35-31(34)24-16-14-23(15-17-24)27-21-28-25(18-19-26(28)30(27)33)29(36-37(5,6)32(2,3)4)20-13-22-11-9-8-10-12-22/h20,22,24-26,28H,7-19,21H2,1-6H3/t24?,25-,26?,28?/m0/s1. The molecule has 4 nitrogen and oxygen atoms in total. The van der Waals surface area contributed by atoms with Crippen molar-refractivity contribution in [3.63, 3.8) is 0 Å². The van der Waals surface area contributed by atoms with E-state index in [0.717, 1.165) is 62.9 Å². The van der Waals surface area contributed by atoms with Gasteiger partial charge in [0.1, 0.15) is 0 Å². The molecule has 0 aromatic carbocycles. The first kappa shape index (κ1) is 28.6. The number of carbonyl (C=O) groups excluding carboxylic acids is 2. The van der Waals surface area contributed by atoms with Gasteiger partial charge in [-0.1, -0.05) is 58.4 Å². The van der Waals surface area contributed by atoms with E-state index in [9.17, 15) is 9.59 Å². The monoisotopic (exact) mass is 528 g/mol. The molecule has 208 valence electrons. The molecule has 4 rings (SSSR count). The van der Waals surface area contributed by atoms with Gasteiger partial charge in [0, 0.05) is 11.8 Å². The van der Waals surface area contributed by atoms with E-state index in [1.165, 1.54) is 43.4 Å². The highest BCUT2D eigenvalue weighted by Crippen LogP contribution is 2.53. The normalized spacial score (nSPS) is 30.0. The second-order valence-corrected chi connectivity index (χ2v) is 18.6. The molecule has 0 saturated heterocycles. The van der Waals surface area contributed by atoms with E-state index >= 15 is 0 Å². The number of ketones is 1. The Bertz CT molecular complexity index is 892. The van der Waals surface area contributed by atoms with Crippen molar-refractivity contribution in [1.29, 1.82) is 0 Å². The van der Waals surface area contributed by atoms with Gasteiger partial charge in [-0.2, -0.15) is 0 Å². The molecule has 0 radical (unpaired) electrons. The Labute approximate surface area is 227 Å². The van der Waals surface area contributed by atoms with Crippen LogP contribution < -0.4 is 0 Å². The summed E-state index contributed by atoms with van der Waals surface area (Å²) >= 11 is 0. The summed E-state index contributed by atoms with van der Waals surface area (Å²) in [5, 5.41) is 0.158. The van der Waals surface area contributed by atoms with Crippen molar-refractivity contribution in [2.75, 3.05) is 6.61 Å². The number of fused-ring (bicyclic) bond motifs is 1. The van der Waals surface area contributed by atoms with Crippen molar-refractivity contribution in [1.82, 2.24) is 0 Å². The number of esters is 1. The lowest BCUT2D eigenvalue weighted by Gasteiger charge is -2.39. The molecule has 0 heterocycles. The lowest BCUT2D eigenvalue weighted by molar-refractivity contribution is -0.148. The molecular weight excluding hydrogens is 476 g/mol. The zero-order valence-corrected chi connectivity index (χ0v) is 25.5. The maximum Gasteiger partial charge on any atom is 0.308 e. The molecule has 5 heteroatoms. The van der Waals surface area contributed by atoms with Crippen LogP contribution in [0.25, 0.3) is 0 Å². The van der Waals surface area contributed by atoms with Gasteiger partial charge in [0.05, 0.1) is 18.3 Å². The number of hydrogen-bond donors (Lipinski definition) is 0. The van der Waals surface area contributed by atoms with E-state index in [1.54, 1.807) is 0 Å². The van der Waals surface area contributed by atoms with E-state index in [1.807, 2.05) is 6.92 Å². The molecule has 4 fully saturated rings. The summed E-state index contributed by atoms with van der Waals surface area (Å²) in [4.78, 5) is 25.8. The summed E-state index contributed by atoms with van der Waals surface area (Å²) < 4.78 is 12.3. The Morgan fingerprint density at radius 2 is 1.68 bits per heavy atom. The van der Waals surface area contributed by atoms with E-state index in [2.05, 4.69) is 39.9 Å². The smallest absolute Gasteiger partial charge is 0.308 e. The minimum atomic E-state index is -1.97.